The van der Waals surface area contributed by atoms with Gasteiger partial charge in [-0.2, -0.15) is 0 Å². The molecule has 0 radical (unpaired) electrons. The van der Waals surface area contributed by atoms with E-state index in [1.54, 1.807) is 12.1 Å². The summed E-state index contributed by atoms with van der Waals surface area (Å²) < 4.78 is 4.94. The predicted molar refractivity (Wildman–Crippen MR) is 91.1 cm³/mol. The predicted octanol–water partition coefficient (Wildman–Crippen LogP) is 2.44. The normalized spacial score (nSPS) is 20.7. The van der Waals surface area contributed by atoms with Crippen molar-refractivity contribution in [3.8, 4) is 0 Å². The van der Waals surface area contributed by atoms with E-state index in [1.807, 2.05) is 11.8 Å². The number of esters is 1. The van der Waals surface area contributed by atoms with E-state index in [2.05, 4.69) is 5.32 Å². The summed E-state index contributed by atoms with van der Waals surface area (Å²) in [4.78, 5) is 24.7. The molecule has 1 aliphatic heterocycles. The Labute approximate surface area is 144 Å². The summed E-state index contributed by atoms with van der Waals surface area (Å²) in [5, 5.41) is 14.6. The Bertz CT molecular complexity index is 740. The Balaban J connectivity index is 2.03. The van der Waals surface area contributed by atoms with Crippen molar-refractivity contribution in [3.63, 3.8) is 0 Å². The van der Waals surface area contributed by atoms with Crippen LogP contribution in [0, 0.1) is 10.1 Å². The van der Waals surface area contributed by atoms with Crippen molar-refractivity contribution in [1.29, 1.82) is 0 Å². The third-order valence-corrected chi connectivity index (χ3v) is 4.60. The fourth-order valence-electron chi connectivity index (χ4n) is 2.94. The SMILES string of the molecule is COC(=O)C1=C(C)N(C2CC2)C(=S)N[C@@H]1c1ccc([N+](=O)[O-])cc1. The molecule has 0 aromatic heterocycles. The van der Waals surface area contributed by atoms with E-state index in [0.717, 1.165) is 24.1 Å². The molecule has 1 aromatic rings. The summed E-state index contributed by atoms with van der Waals surface area (Å²) in [6, 6.07) is 5.92. The number of benzene rings is 1. The molecule has 1 N–H and O–H groups in total. The first-order valence-electron chi connectivity index (χ1n) is 7.57. The van der Waals surface area contributed by atoms with Crippen molar-refractivity contribution in [2.75, 3.05) is 7.11 Å². The number of non-ortho nitro benzene ring substituents is 1. The number of rotatable bonds is 4. The van der Waals surface area contributed by atoms with E-state index in [9.17, 15) is 14.9 Å². The number of carbonyl (C=O) groups is 1. The fourth-order valence-corrected chi connectivity index (χ4v) is 3.35. The van der Waals surface area contributed by atoms with E-state index < -0.39 is 16.9 Å². The minimum absolute atomic E-state index is 0.00272. The molecule has 0 saturated heterocycles. The third kappa shape index (κ3) is 2.84. The number of nitro groups is 1. The van der Waals surface area contributed by atoms with E-state index in [4.69, 9.17) is 17.0 Å². The van der Waals surface area contributed by atoms with Gasteiger partial charge < -0.3 is 15.0 Å². The molecule has 1 fully saturated rings. The molecular formula is C16H17N3O4S. The lowest BCUT2D eigenvalue weighted by Gasteiger charge is -2.37. The summed E-state index contributed by atoms with van der Waals surface area (Å²) in [5.74, 6) is -0.434. The monoisotopic (exact) mass is 347 g/mol. The van der Waals surface area contributed by atoms with Crippen LogP contribution in [0.3, 0.4) is 0 Å². The molecule has 1 saturated carbocycles. The van der Waals surface area contributed by atoms with Crippen molar-refractivity contribution < 1.29 is 14.5 Å². The van der Waals surface area contributed by atoms with Crippen molar-refractivity contribution in [2.24, 2.45) is 0 Å². The van der Waals surface area contributed by atoms with Gasteiger partial charge in [-0.25, -0.2) is 4.79 Å². The van der Waals surface area contributed by atoms with Gasteiger partial charge in [0.2, 0.25) is 0 Å². The van der Waals surface area contributed by atoms with E-state index in [0.29, 0.717) is 16.7 Å². The number of methoxy groups -OCH3 is 1. The van der Waals surface area contributed by atoms with Gasteiger partial charge in [-0.1, -0.05) is 0 Å². The molecule has 0 unspecified atom stereocenters. The van der Waals surface area contributed by atoms with Crippen LogP contribution < -0.4 is 5.32 Å². The molecule has 1 heterocycles. The van der Waals surface area contributed by atoms with Crippen LogP contribution in [0.5, 0.6) is 0 Å². The quantitative estimate of drug-likeness (QED) is 0.387. The van der Waals surface area contributed by atoms with Crippen molar-refractivity contribution in [3.05, 3.63) is 51.2 Å². The van der Waals surface area contributed by atoms with E-state index in [1.165, 1.54) is 19.2 Å². The number of carbonyl (C=O) groups excluding carboxylic acids is 1. The molecule has 0 amide bonds. The van der Waals surface area contributed by atoms with Gasteiger partial charge in [0.05, 0.1) is 23.6 Å². The van der Waals surface area contributed by atoms with Crippen LogP contribution in [0.2, 0.25) is 0 Å². The number of thiocarbonyl (C=S) groups is 1. The standard InChI is InChI=1S/C16H17N3O4S/c1-9-13(15(20)23-2)14(17-16(24)18(9)11-7-8-11)10-3-5-12(6-4-10)19(21)22/h3-6,11,14H,7-8H2,1-2H3,(H,17,24)/t14-/m1/s1. The lowest BCUT2D eigenvalue weighted by Crippen LogP contribution is -2.48. The molecule has 24 heavy (non-hydrogen) atoms. The van der Waals surface area contributed by atoms with Gasteiger partial charge in [0.15, 0.2) is 5.11 Å². The minimum Gasteiger partial charge on any atom is -0.466 e. The topological polar surface area (TPSA) is 84.7 Å². The highest BCUT2D eigenvalue weighted by atomic mass is 32.1. The van der Waals surface area contributed by atoms with Gasteiger partial charge in [0.1, 0.15) is 0 Å². The van der Waals surface area contributed by atoms with E-state index in [-0.39, 0.29) is 5.69 Å². The number of hydrogen-bond donors (Lipinski definition) is 1. The number of nitro benzene ring substituents is 1. The molecule has 1 aliphatic carbocycles. The first-order chi connectivity index (χ1) is 11.4. The first kappa shape index (κ1) is 16.4. The number of nitrogens with one attached hydrogen (secondary N) is 1. The lowest BCUT2D eigenvalue weighted by molar-refractivity contribution is -0.384. The number of allylic oxidation sites excluding steroid dienone is 1. The molecule has 7 nitrogen and oxygen atoms in total. The number of hydrogen-bond acceptors (Lipinski definition) is 5. The average Bonchev–Trinajstić information content (AvgIpc) is 3.38. The van der Waals surface area contributed by atoms with Crippen LogP contribution in [-0.2, 0) is 9.53 Å². The van der Waals surface area contributed by atoms with Gasteiger partial charge in [0, 0.05) is 23.9 Å². The van der Waals surface area contributed by atoms with Crippen molar-refractivity contribution in [1.82, 2.24) is 10.2 Å². The highest BCUT2D eigenvalue weighted by Gasteiger charge is 2.40. The van der Waals surface area contributed by atoms with Crippen molar-refractivity contribution in [2.45, 2.75) is 31.8 Å². The minimum atomic E-state index is -0.485. The molecule has 0 bridgehead atoms. The summed E-state index contributed by atoms with van der Waals surface area (Å²) in [6.45, 7) is 1.86. The Morgan fingerprint density at radius 1 is 1.38 bits per heavy atom. The molecule has 2 aliphatic rings. The summed E-state index contributed by atoms with van der Waals surface area (Å²) >= 11 is 5.46. The van der Waals surface area contributed by atoms with Gasteiger partial charge in [-0.3, -0.25) is 10.1 Å². The Morgan fingerprint density at radius 3 is 2.50 bits per heavy atom. The number of nitrogens with zero attached hydrogens (tertiary/aromatic N) is 2. The molecule has 1 atom stereocenters. The van der Waals surface area contributed by atoms with Gasteiger partial charge in [0.25, 0.3) is 5.69 Å². The summed E-state index contributed by atoms with van der Waals surface area (Å²) in [5.41, 5.74) is 1.97. The van der Waals surface area contributed by atoms with Crippen LogP contribution in [0.4, 0.5) is 5.69 Å². The fraction of sp³-hybridized carbons (Fsp3) is 0.375. The van der Waals surface area contributed by atoms with Crippen LogP contribution in [0.1, 0.15) is 31.4 Å². The second kappa shape index (κ2) is 6.20. The second-order valence-electron chi connectivity index (χ2n) is 5.82. The zero-order chi connectivity index (χ0) is 17.4. The first-order valence-corrected chi connectivity index (χ1v) is 7.98. The zero-order valence-electron chi connectivity index (χ0n) is 13.3. The zero-order valence-corrected chi connectivity index (χ0v) is 14.1. The molecule has 3 rings (SSSR count). The van der Waals surface area contributed by atoms with Gasteiger partial charge >= 0.3 is 5.97 Å². The smallest absolute Gasteiger partial charge is 0.337 e. The van der Waals surface area contributed by atoms with Gasteiger partial charge in [-0.15, -0.1) is 0 Å². The molecule has 8 heteroatoms. The molecular weight excluding hydrogens is 330 g/mol. The second-order valence-corrected chi connectivity index (χ2v) is 6.21. The Hall–Kier alpha value is -2.48. The maximum absolute atomic E-state index is 12.3. The van der Waals surface area contributed by atoms with Crippen molar-refractivity contribution >= 4 is 29.0 Å². The Kier molecular flexibility index (Phi) is 4.23. The molecule has 0 spiro atoms. The van der Waals surface area contributed by atoms with Crippen LogP contribution >= 0.6 is 12.2 Å². The third-order valence-electron chi connectivity index (χ3n) is 4.28. The highest BCUT2D eigenvalue weighted by molar-refractivity contribution is 7.80. The number of ether oxygens (including phenoxy) is 1. The van der Waals surface area contributed by atoms with Crippen LogP contribution in [0.25, 0.3) is 0 Å². The average molecular weight is 347 g/mol. The lowest BCUT2D eigenvalue weighted by atomic mass is 9.95. The maximum Gasteiger partial charge on any atom is 0.337 e. The molecule has 1 aromatic carbocycles. The summed E-state index contributed by atoms with van der Waals surface area (Å²) in [7, 11) is 1.34. The largest absolute Gasteiger partial charge is 0.466 e. The van der Waals surface area contributed by atoms with E-state index >= 15 is 0 Å². The summed E-state index contributed by atoms with van der Waals surface area (Å²) in [6.07, 6.45) is 2.08. The highest BCUT2D eigenvalue weighted by Crippen LogP contribution is 2.38. The van der Waals surface area contributed by atoms with Gasteiger partial charge in [-0.05, 0) is 49.7 Å². The molecule has 126 valence electrons. The Morgan fingerprint density at radius 2 is 2.00 bits per heavy atom. The van der Waals surface area contributed by atoms with Crippen LogP contribution in [0.15, 0.2) is 35.5 Å². The maximum atomic E-state index is 12.3. The van der Waals surface area contributed by atoms with Crippen LogP contribution in [-0.4, -0.2) is 34.1 Å².